The van der Waals surface area contributed by atoms with E-state index in [1.54, 1.807) is 7.11 Å². The second kappa shape index (κ2) is 8.59. The number of methoxy groups -OCH3 is 1. The standard InChI is InChI=1S/C20H27NO2/c1-15-10-11-20(22-3)18(13-15)17(14-21)8-6-12-23-19-9-5-4-7-16(19)2/h4-5,7,9-11,13,17H,6,8,12,14,21H2,1-3H3. The van der Waals surface area contributed by atoms with Crippen molar-refractivity contribution in [1.29, 1.82) is 0 Å². The number of para-hydroxylation sites is 1. The Kier molecular flexibility index (Phi) is 6.48. The van der Waals surface area contributed by atoms with E-state index in [9.17, 15) is 0 Å². The van der Waals surface area contributed by atoms with Crippen LogP contribution in [0.5, 0.6) is 11.5 Å². The lowest BCUT2D eigenvalue weighted by molar-refractivity contribution is 0.299. The molecule has 1 atom stereocenters. The zero-order valence-electron chi connectivity index (χ0n) is 14.3. The molecule has 23 heavy (non-hydrogen) atoms. The van der Waals surface area contributed by atoms with Crippen LogP contribution in [-0.4, -0.2) is 20.3 Å². The minimum absolute atomic E-state index is 0.297. The molecule has 2 aromatic carbocycles. The number of benzene rings is 2. The van der Waals surface area contributed by atoms with Crippen LogP contribution in [0.15, 0.2) is 42.5 Å². The van der Waals surface area contributed by atoms with Crippen molar-refractivity contribution in [3.63, 3.8) is 0 Å². The van der Waals surface area contributed by atoms with Gasteiger partial charge in [0.15, 0.2) is 0 Å². The van der Waals surface area contributed by atoms with Crippen LogP contribution in [0.25, 0.3) is 0 Å². The van der Waals surface area contributed by atoms with Crippen LogP contribution in [0.2, 0.25) is 0 Å². The van der Waals surface area contributed by atoms with Crippen molar-refractivity contribution in [2.75, 3.05) is 20.3 Å². The molecule has 2 rings (SSSR count). The van der Waals surface area contributed by atoms with E-state index in [-0.39, 0.29) is 0 Å². The highest BCUT2D eigenvalue weighted by atomic mass is 16.5. The van der Waals surface area contributed by atoms with Gasteiger partial charge in [-0.15, -0.1) is 0 Å². The molecule has 3 nitrogen and oxygen atoms in total. The van der Waals surface area contributed by atoms with E-state index in [4.69, 9.17) is 15.2 Å². The number of aryl methyl sites for hydroxylation is 2. The van der Waals surface area contributed by atoms with E-state index in [2.05, 4.69) is 32.0 Å². The van der Waals surface area contributed by atoms with Crippen LogP contribution in [0.4, 0.5) is 0 Å². The van der Waals surface area contributed by atoms with Gasteiger partial charge in [0.2, 0.25) is 0 Å². The molecule has 0 saturated carbocycles. The van der Waals surface area contributed by atoms with Crippen LogP contribution in [0.1, 0.15) is 35.4 Å². The fourth-order valence-corrected chi connectivity index (χ4v) is 2.80. The summed E-state index contributed by atoms with van der Waals surface area (Å²) in [6.45, 7) is 5.48. The van der Waals surface area contributed by atoms with Crippen molar-refractivity contribution in [1.82, 2.24) is 0 Å². The molecular formula is C20H27NO2. The van der Waals surface area contributed by atoms with Gasteiger partial charge in [0.05, 0.1) is 13.7 Å². The lowest BCUT2D eigenvalue weighted by atomic mass is 9.92. The molecule has 0 aliphatic heterocycles. The molecule has 124 valence electrons. The van der Waals surface area contributed by atoms with Crippen molar-refractivity contribution in [2.45, 2.75) is 32.6 Å². The van der Waals surface area contributed by atoms with Gasteiger partial charge in [-0.2, -0.15) is 0 Å². The van der Waals surface area contributed by atoms with Gasteiger partial charge < -0.3 is 15.2 Å². The molecule has 0 fully saturated rings. The summed E-state index contributed by atoms with van der Waals surface area (Å²) < 4.78 is 11.4. The molecule has 2 aromatic rings. The monoisotopic (exact) mass is 313 g/mol. The highest BCUT2D eigenvalue weighted by Gasteiger charge is 2.15. The summed E-state index contributed by atoms with van der Waals surface area (Å²) in [6, 6.07) is 14.4. The topological polar surface area (TPSA) is 44.5 Å². The van der Waals surface area contributed by atoms with Gasteiger partial charge in [0.1, 0.15) is 11.5 Å². The Morgan fingerprint density at radius 3 is 2.52 bits per heavy atom. The Morgan fingerprint density at radius 1 is 1.04 bits per heavy atom. The first-order valence-corrected chi connectivity index (χ1v) is 8.18. The van der Waals surface area contributed by atoms with E-state index >= 15 is 0 Å². The lowest BCUT2D eigenvalue weighted by Crippen LogP contribution is -2.15. The predicted octanol–water partition coefficient (Wildman–Crippen LogP) is 4.21. The van der Waals surface area contributed by atoms with E-state index in [1.807, 2.05) is 24.3 Å². The van der Waals surface area contributed by atoms with Crippen LogP contribution >= 0.6 is 0 Å². The van der Waals surface area contributed by atoms with Crippen LogP contribution in [-0.2, 0) is 0 Å². The van der Waals surface area contributed by atoms with Crippen molar-refractivity contribution in [2.24, 2.45) is 5.73 Å². The number of nitrogens with two attached hydrogens (primary N) is 1. The molecule has 0 saturated heterocycles. The highest BCUT2D eigenvalue weighted by Crippen LogP contribution is 2.30. The Balaban J connectivity index is 1.93. The third kappa shape index (κ3) is 4.73. The minimum atomic E-state index is 0.297. The lowest BCUT2D eigenvalue weighted by Gasteiger charge is -2.19. The van der Waals surface area contributed by atoms with Crippen LogP contribution in [0.3, 0.4) is 0 Å². The highest BCUT2D eigenvalue weighted by molar-refractivity contribution is 5.39. The van der Waals surface area contributed by atoms with Crippen LogP contribution < -0.4 is 15.2 Å². The molecule has 0 amide bonds. The fraction of sp³-hybridized carbons (Fsp3) is 0.400. The first-order valence-electron chi connectivity index (χ1n) is 8.18. The predicted molar refractivity (Wildman–Crippen MR) is 95.4 cm³/mol. The second-order valence-corrected chi connectivity index (χ2v) is 5.93. The maximum atomic E-state index is 6.00. The zero-order valence-corrected chi connectivity index (χ0v) is 14.3. The molecule has 0 heterocycles. The largest absolute Gasteiger partial charge is 0.496 e. The maximum Gasteiger partial charge on any atom is 0.122 e. The fourth-order valence-electron chi connectivity index (χ4n) is 2.80. The molecule has 3 heteroatoms. The van der Waals surface area contributed by atoms with E-state index in [0.29, 0.717) is 19.1 Å². The van der Waals surface area contributed by atoms with Gasteiger partial charge in [0.25, 0.3) is 0 Å². The SMILES string of the molecule is COc1ccc(C)cc1C(CN)CCCOc1ccccc1C. The van der Waals surface area contributed by atoms with E-state index in [1.165, 1.54) is 16.7 Å². The maximum absolute atomic E-state index is 6.00. The molecule has 0 radical (unpaired) electrons. The van der Waals surface area contributed by atoms with Crippen molar-refractivity contribution < 1.29 is 9.47 Å². The van der Waals surface area contributed by atoms with E-state index in [0.717, 1.165) is 24.3 Å². The first kappa shape index (κ1) is 17.4. The Labute approximate surface area is 139 Å². The van der Waals surface area contributed by atoms with Gasteiger partial charge in [-0.3, -0.25) is 0 Å². The third-order valence-electron chi connectivity index (χ3n) is 4.16. The number of rotatable bonds is 8. The smallest absolute Gasteiger partial charge is 0.122 e. The summed E-state index contributed by atoms with van der Waals surface area (Å²) in [5, 5.41) is 0. The summed E-state index contributed by atoms with van der Waals surface area (Å²) in [4.78, 5) is 0. The first-order chi connectivity index (χ1) is 11.2. The van der Waals surface area contributed by atoms with Crippen LogP contribution in [0, 0.1) is 13.8 Å². The van der Waals surface area contributed by atoms with Crippen molar-refractivity contribution in [3.05, 3.63) is 59.2 Å². The summed E-state index contributed by atoms with van der Waals surface area (Å²) in [5.41, 5.74) is 9.60. The number of ether oxygens (including phenoxy) is 2. The minimum Gasteiger partial charge on any atom is -0.496 e. The van der Waals surface area contributed by atoms with Gasteiger partial charge in [0, 0.05) is 0 Å². The Hall–Kier alpha value is -2.00. The molecule has 0 bridgehead atoms. The average molecular weight is 313 g/mol. The molecule has 0 spiro atoms. The Morgan fingerprint density at radius 2 is 1.83 bits per heavy atom. The number of hydrogen-bond donors (Lipinski definition) is 1. The normalized spacial score (nSPS) is 12.0. The van der Waals surface area contributed by atoms with Gasteiger partial charge in [-0.25, -0.2) is 0 Å². The number of hydrogen-bond acceptors (Lipinski definition) is 3. The molecule has 0 aromatic heterocycles. The van der Waals surface area contributed by atoms with Crippen molar-refractivity contribution in [3.8, 4) is 11.5 Å². The summed E-state index contributed by atoms with van der Waals surface area (Å²) in [5.74, 6) is 2.18. The van der Waals surface area contributed by atoms with Crippen molar-refractivity contribution >= 4 is 0 Å². The zero-order chi connectivity index (χ0) is 16.7. The molecule has 0 aliphatic carbocycles. The van der Waals surface area contributed by atoms with Gasteiger partial charge >= 0.3 is 0 Å². The average Bonchev–Trinajstić information content (AvgIpc) is 2.56. The molecular weight excluding hydrogens is 286 g/mol. The Bertz CT molecular complexity index is 625. The molecule has 1 unspecified atom stereocenters. The second-order valence-electron chi connectivity index (χ2n) is 5.93. The quantitative estimate of drug-likeness (QED) is 0.742. The van der Waals surface area contributed by atoms with Gasteiger partial charge in [-0.05, 0) is 62.4 Å². The van der Waals surface area contributed by atoms with Gasteiger partial charge in [-0.1, -0.05) is 35.9 Å². The summed E-state index contributed by atoms with van der Waals surface area (Å²) in [6.07, 6.45) is 1.95. The van der Waals surface area contributed by atoms with E-state index < -0.39 is 0 Å². The molecule has 2 N–H and O–H groups in total. The molecule has 0 aliphatic rings. The third-order valence-corrected chi connectivity index (χ3v) is 4.16. The summed E-state index contributed by atoms with van der Waals surface area (Å²) >= 11 is 0. The summed E-state index contributed by atoms with van der Waals surface area (Å²) in [7, 11) is 1.71.